The number of aromatic nitrogens is 2. The van der Waals surface area contributed by atoms with Gasteiger partial charge in [-0.2, -0.15) is 4.31 Å². The standard InChI is InChI=1S/C19H25N5O3S/c25-18(16-17-6-2-1-3-7-17)20-10-5-15-28(26,27)24-13-11-23(12-14-24)19-21-8-4-9-22-19/h1-4,6-9H,5,10-16H2,(H,20,25). The normalized spacial score (nSPS) is 15.4. The Bertz CT molecular complexity index is 854. The van der Waals surface area contributed by atoms with Crippen LogP contribution in [0.3, 0.4) is 0 Å². The van der Waals surface area contributed by atoms with Gasteiger partial charge in [0, 0.05) is 45.1 Å². The molecule has 2 aromatic rings. The fraction of sp³-hybridized carbons (Fsp3) is 0.421. The van der Waals surface area contributed by atoms with Crippen molar-refractivity contribution in [1.29, 1.82) is 0 Å². The number of benzene rings is 1. The van der Waals surface area contributed by atoms with Gasteiger partial charge in [0.05, 0.1) is 12.2 Å². The van der Waals surface area contributed by atoms with E-state index in [9.17, 15) is 13.2 Å². The average molecular weight is 404 g/mol. The number of hydrogen-bond acceptors (Lipinski definition) is 6. The van der Waals surface area contributed by atoms with Gasteiger partial charge in [-0.15, -0.1) is 0 Å². The summed E-state index contributed by atoms with van der Waals surface area (Å²) in [5.41, 5.74) is 0.938. The summed E-state index contributed by atoms with van der Waals surface area (Å²) in [6.45, 7) is 2.32. The molecule has 1 amide bonds. The van der Waals surface area contributed by atoms with E-state index in [1.807, 2.05) is 35.2 Å². The maximum atomic E-state index is 12.5. The molecule has 0 saturated carbocycles. The highest BCUT2D eigenvalue weighted by Crippen LogP contribution is 2.13. The first-order valence-electron chi connectivity index (χ1n) is 9.35. The van der Waals surface area contributed by atoms with Gasteiger partial charge in [0.15, 0.2) is 0 Å². The maximum absolute atomic E-state index is 12.5. The van der Waals surface area contributed by atoms with Gasteiger partial charge in [-0.25, -0.2) is 18.4 Å². The molecule has 0 aliphatic carbocycles. The molecule has 1 aliphatic rings. The second-order valence-electron chi connectivity index (χ2n) is 6.62. The SMILES string of the molecule is O=C(Cc1ccccc1)NCCCS(=O)(=O)N1CCN(c2ncccn2)CC1. The van der Waals surface area contributed by atoms with Crippen molar-refractivity contribution in [3.8, 4) is 0 Å². The number of anilines is 1. The van der Waals surface area contributed by atoms with Crippen LogP contribution in [0, 0.1) is 0 Å². The fourth-order valence-corrected chi connectivity index (χ4v) is 4.56. The van der Waals surface area contributed by atoms with Crippen LogP contribution in [0.15, 0.2) is 48.8 Å². The average Bonchev–Trinajstić information content (AvgIpc) is 2.73. The van der Waals surface area contributed by atoms with Gasteiger partial charge in [0.1, 0.15) is 0 Å². The molecule has 3 rings (SSSR count). The van der Waals surface area contributed by atoms with E-state index in [0.29, 0.717) is 51.5 Å². The highest BCUT2D eigenvalue weighted by atomic mass is 32.2. The zero-order chi connectivity index (χ0) is 19.8. The lowest BCUT2D eigenvalue weighted by Crippen LogP contribution is -2.49. The molecule has 28 heavy (non-hydrogen) atoms. The summed E-state index contributed by atoms with van der Waals surface area (Å²) in [6.07, 6.45) is 4.05. The van der Waals surface area contributed by atoms with Gasteiger partial charge in [-0.3, -0.25) is 4.79 Å². The zero-order valence-corrected chi connectivity index (χ0v) is 16.5. The number of nitrogens with one attached hydrogen (secondary N) is 1. The van der Waals surface area contributed by atoms with Gasteiger partial charge in [-0.05, 0) is 18.1 Å². The Balaban J connectivity index is 1.38. The van der Waals surface area contributed by atoms with E-state index in [1.165, 1.54) is 4.31 Å². The Kier molecular flexibility index (Phi) is 6.94. The summed E-state index contributed by atoms with van der Waals surface area (Å²) in [7, 11) is -3.33. The molecule has 1 aromatic heterocycles. The lowest BCUT2D eigenvalue weighted by Gasteiger charge is -2.33. The molecule has 0 unspecified atom stereocenters. The number of sulfonamides is 1. The van der Waals surface area contributed by atoms with E-state index in [2.05, 4.69) is 15.3 Å². The minimum Gasteiger partial charge on any atom is -0.356 e. The third kappa shape index (κ3) is 5.74. The van der Waals surface area contributed by atoms with Crippen molar-refractivity contribution in [3.63, 3.8) is 0 Å². The van der Waals surface area contributed by atoms with Crippen LogP contribution >= 0.6 is 0 Å². The Morgan fingerprint density at radius 1 is 1.00 bits per heavy atom. The van der Waals surface area contributed by atoms with Gasteiger partial charge in [0.2, 0.25) is 21.9 Å². The molecule has 1 aliphatic heterocycles. The van der Waals surface area contributed by atoms with Crippen molar-refractivity contribution in [2.24, 2.45) is 0 Å². The predicted molar refractivity (Wildman–Crippen MR) is 107 cm³/mol. The molecule has 9 heteroatoms. The van der Waals surface area contributed by atoms with Crippen molar-refractivity contribution in [2.75, 3.05) is 43.4 Å². The minimum atomic E-state index is -3.33. The van der Waals surface area contributed by atoms with E-state index in [1.54, 1.807) is 18.5 Å². The number of hydrogen-bond donors (Lipinski definition) is 1. The molecule has 2 heterocycles. The summed E-state index contributed by atoms with van der Waals surface area (Å²) in [6, 6.07) is 11.2. The molecule has 8 nitrogen and oxygen atoms in total. The van der Waals surface area contributed by atoms with E-state index < -0.39 is 10.0 Å². The molecule has 1 fully saturated rings. The van der Waals surface area contributed by atoms with Crippen LogP contribution in [-0.2, 0) is 21.2 Å². The van der Waals surface area contributed by atoms with E-state index in [-0.39, 0.29) is 11.7 Å². The molecular weight excluding hydrogens is 378 g/mol. The second-order valence-corrected chi connectivity index (χ2v) is 8.71. The number of carbonyl (C=O) groups is 1. The molecule has 1 aromatic carbocycles. The molecule has 0 bridgehead atoms. The van der Waals surface area contributed by atoms with Crippen molar-refractivity contribution >= 4 is 21.9 Å². The second kappa shape index (κ2) is 9.61. The molecule has 150 valence electrons. The number of amides is 1. The number of nitrogens with zero attached hydrogens (tertiary/aromatic N) is 4. The first kappa shape index (κ1) is 20.2. The Morgan fingerprint density at radius 3 is 2.36 bits per heavy atom. The largest absolute Gasteiger partial charge is 0.356 e. The number of carbonyl (C=O) groups excluding carboxylic acids is 1. The summed E-state index contributed by atoms with van der Waals surface area (Å²) in [5.74, 6) is 0.557. The van der Waals surface area contributed by atoms with Crippen molar-refractivity contribution in [3.05, 3.63) is 54.4 Å². The Morgan fingerprint density at radius 2 is 1.68 bits per heavy atom. The van der Waals surface area contributed by atoms with E-state index >= 15 is 0 Å². The molecule has 1 saturated heterocycles. The maximum Gasteiger partial charge on any atom is 0.225 e. The fourth-order valence-electron chi connectivity index (χ4n) is 3.08. The van der Waals surface area contributed by atoms with Crippen LogP contribution in [-0.4, -0.2) is 67.1 Å². The monoisotopic (exact) mass is 403 g/mol. The lowest BCUT2D eigenvalue weighted by atomic mass is 10.1. The van der Waals surface area contributed by atoms with Crippen LogP contribution < -0.4 is 10.2 Å². The van der Waals surface area contributed by atoms with Gasteiger partial charge in [0.25, 0.3) is 0 Å². The molecule has 0 spiro atoms. The van der Waals surface area contributed by atoms with E-state index in [4.69, 9.17) is 0 Å². The van der Waals surface area contributed by atoms with Crippen LogP contribution in [0.5, 0.6) is 0 Å². The first-order chi connectivity index (χ1) is 13.5. The third-order valence-corrected chi connectivity index (χ3v) is 6.53. The highest BCUT2D eigenvalue weighted by Gasteiger charge is 2.27. The minimum absolute atomic E-state index is 0.0282. The number of piperazine rings is 1. The summed E-state index contributed by atoms with van der Waals surface area (Å²) in [5, 5.41) is 2.79. The number of rotatable bonds is 8. The van der Waals surface area contributed by atoms with Gasteiger partial charge in [-0.1, -0.05) is 30.3 Å². The van der Waals surface area contributed by atoms with Crippen LogP contribution in [0.4, 0.5) is 5.95 Å². The van der Waals surface area contributed by atoms with Crippen LogP contribution in [0.25, 0.3) is 0 Å². The summed E-state index contributed by atoms with van der Waals surface area (Å²) < 4.78 is 26.6. The van der Waals surface area contributed by atoms with Crippen LogP contribution in [0.2, 0.25) is 0 Å². The molecular formula is C19H25N5O3S. The molecule has 0 atom stereocenters. The smallest absolute Gasteiger partial charge is 0.225 e. The predicted octanol–water partition coefficient (Wildman–Crippen LogP) is 0.677. The summed E-state index contributed by atoms with van der Waals surface area (Å²) in [4.78, 5) is 22.3. The van der Waals surface area contributed by atoms with Gasteiger partial charge >= 0.3 is 0 Å². The zero-order valence-electron chi connectivity index (χ0n) is 15.7. The lowest BCUT2D eigenvalue weighted by molar-refractivity contribution is -0.120. The van der Waals surface area contributed by atoms with Crippen molar-refractivity contribution < 1.29 is 13.2 Å². The van der Waals surface area contributed by atoms with Crippen molar-refractivity contribution in [1.82, 2.24) is 19.6 Å². The third-order valence-electron chi connectivity index (χ3n) is 4.58. The van der Waals surface area contributed by atoms with Crippen molar-refractivity contribution in [2.45, 2.75) is 12.8 Å². The highest BCUT2D eigenvalue weighted by molar-refractivity contribution is 7.89. The topological polar surface area (TPSA) is 95.5 Å². The molecule has 1 N–H and O–H groups in total. The van der Waals surface area contributed by atoms with Gasteiger partial charge < -0.3 is 10.2 Å². The first-order valence-corrected chi connectivity index (χ1v) is 11.0. The van der Waals surface area contributed by atoms with Crippen LogP contribution in [0.1, 0.15) is 12.0 Å². The molecule has 0 radical (unpaired) electrons. The quantitative estimate of drug-likeness (QED) is 0.651. The Hall–Kier alpha value is -2.52. The Labute approximate surface area is 165 Å². The van der Waals surface area contributed by atoms with E-state index in [0.717, 1.165) is 5.56 Å². The summed E-state index contributed by atoms with van der Waals surface area (Å²) >= 11 is 0.